The Morgan fingerprint density at radius 2 is 2.37 bits per heavy atom. The van der Waals surface area contributed by atoms with E-state index in [0.29, 0.717) is 24.0 Å². The van der Waals surface area contributed by atoms with Gasteiger partial charge < -0.3 is 9.63 Å². The van der Waals surface area contributed by atoms with Gasteiger partial charge in [0.05, 0.1) is 12.1 Å². The standard InChI is InChI=1S/C11H15N5O3/c1-2-3-4-9-12-10(19-14-9)7-16-6-8(13-15-16)5-11(17)18/h6H,2-5,7H2,1H3,(H,17,18). The van der Waals surface area contributed by atoms with E-state index >= 15 is 0 Å². The third-order valence-electron chi connectivity index (χ3n) is 2.48. The second-order valence-electron chi connectivity index (χ2n) is 4.19. The molecule has 2 aromatic rings. The zero-order valence-electron chi connectivity index (χ0n) is 10.6. The van der Waals surface area contributed by atoms with Gasteiger partial charge in [0, 0.05) is 12.6 Å². The molecule has 0 bridgehead atoms. The van der Waals surface area contributed by atoms with Crippen LogP contribution in [0.5, 0.6) is 0 Å². The Morgan fingerprint density at radius 1 is 1.53 bits per heavy atom. The number of aryl methyl sites for hydroxylation is 1. The van der Waals surface area contributed by atoms with E-state index < -0.39 is 5.97 Å². The topological polar surface area (TPSA) is 107 Å². The lowest BCUT2D eigenvalue weighted by Gasteiger charge is -1.92. The number of rotatable bonds is 7. The van der Waals surface area contributed by atoms with Crippen molar-refractivity contribution in [3.8, 4) is 0 Å². The van der Waals surface area contributed by atoms with Crippen LogP contribution in [0.2, 0.25) is 0 Å². The van der Waals surface area contributed by atoms with E-state index in [4.69, 9.17) is 9.63 Å². The molecule has 0 aliphatic carbocycles. The van der Waals surface area contributed by atoms with Gasteiger partial charge >= 0.3 is 5.97 Å². The molecule has 0 fully saturated rings. The first kappa shape index (κ1) is 13.2. The number of carbonyl (C=O) groups is 1. The summed E-state index contributed by atoms with van der Waals surface area (Å²) in [5, 5.41) is 20.1. The average Bonchev–Trinajstić information content (AvgIpc) is 2.96. The molecular formula is C11H15N5O3. The molecule has 0 aliphatic heterocycles. The molecule has 0 saturated carbocycles. The third kappa shape index (κ3) is 3.87. The van der Waals surface area contributed by atoms with Crippen LogP contribution in [0.25, 0.3) is 0 Å². The Kier molecular flexibility index (Phi) is 4.22. The Labute approximate surface area is 109 Å². The van der Waals surface area contributed by atoms with Gasteiger partial charge in [-0.2, -0.15) is 4.98 Å². The van der Waals surface area contributed by atoms with Gasteiger partial charge in [0.25, 0.3) is 0 Å². The number of aromatic nitrogens is 5. The first-order valence-corrected chi connectivity index (χ1v) is 6.09. The summed E-state index contributed by atoms with van der Waals surface area (Å²) in [6, 6.07) is 0. The minimum Gasteiger partial charge on any atom is -0.481 e. The minimum absolute atomic E-state index is 0.147. The Balaban J connectivity index is 1.94. The van der Waals surface area contributed by atoms with Crippen LogP contribution < -0.4 is 0 Å². The first-order valence-electron chi connectivity index (χ1n) is 6.09. The van der Waals surface area contributed by atoms with Crippen molar-refractivity contribution in [2.24, 2.45) is 0 Å². The van der Waals surface area contributed by atoms with E-state index in [1.54, 1.807) is 6.20 Å². The van der Waals surface area contributed by atoms with Crippen molar-refractivity contribution >= 4 is 5.97 Å². The monoisotopic (exact) mass is 265 g/mol. The molecule has 0 atom stereocenters. The summed E-state index contributed by atoms with van der Waals surface area (Å²) in [6.07, 6.45) is 4.30. The lowest BCUT2D eigenvalue weighted by molar-refractivity contribution is -0.136. The van der Waals surface area contributed by atoms with Gasteiger partial charge in [0.2, 0.25) is 5.89 Å². The van der Waals surface area contributed by atoms with E-state index in [1.165, 1.54) is 4.68 Å². The maximum absolute atomic E-state index is 10.5. The van der Waals surface area contributed by atoms with Crippen molar-refractivity contribution in [1.82, 2.24) is 25.1 Å². The number of aliphatic carboxylic acids is 1. The molecular weight excluding hydrogens is 250 g/mol. The van der Waals surface area contributed by atoms with Crippen molar-refractivity contribution in [1.29, 1.82) is 0 Å². The summed E-state index contributed by atoms with van der Waals surface area (Å²) in [4.78, 5) is 14.8. The number of hydrogen-bond acceptors (Lipinski definition) is 6. The predicted octanol–water partition coefficient (Wildman–Crippen LogP) is 0.679. The van der Waals surface area contributed by atoms with Gasteiger partial charge in [-0.25, -0.2) is 4.68 Å². The Morgan fingerprint density at radius 3 is 3.11 bits per heavy atom. The Bertz CT molecular complexity index is 548. The molecule has 102 valence electrons. The molecule has 8 heteroatoms. The SMILES string of the molecule is CCCCc1noc(Cn2cc(CC(=O)O)nn2)n1. The summed E-state index contributed by atoms with van der Waals surface area (Å²) in [5.74, 6) is 0.187. The maximum atomic E-state index is 10.5. The highest BCUT2D eigenvalue weighted by Crippen LogP contribution is 2.04. The van der Waals surface area contributed by atoms with Crippen LogP contribution >= 0.6 is 0 Å². The summed E-state index contributed by atoms with van der Waals surface area (Å²) >= 11 is 0. The molecule has 2 heterocycles. The smallest absolute Gasteiger partial charge is 0.309 e. The molecule has 2 aromatic heterocycles. The molecule has 1 N–H and O–H groups in total. The number of carboxylic acids is 1. The molecule has 8 nitrogen and oxygen atoms in total. The van der Waals surface area contributed by atoms with Crippen molar-refractivity contribution in [3.63, 3.8) is 0 Å². The molecule has 0 aromatic carbocycles. The van der Waals surface area contributed by atoms with E-state index in [9.17, 15) is 4.79 Å². The van der Waals surface area contributed by atoms with E-state index in [1.807, 2.05) is 0 Å². The van der Waals surface area contributed by atoms with Gasteiger partial charge in [-0.3, -0.25) is 4.79 Å². The summed E-state index contributed by atoms with van der Waals surface area (Å²) in [7, 11) is 0. The number of carboxylic acid groups (broad SMARTS) is 1. The average molecular weight is 265 g/mol. The molecule has 0 saturated heterocycles. The van der Waals surface area contributed by atoms with Crippen LogP contribution in [0.1, 0.15) is 37.2 Å². The van der Waals surface area contributed by atoms with Crippen molar-refractivity contribution < 1.29 is 14.4 Å². The molecule has 0 radical (unpaired) electrons. The van der Waals surface area contributed by atoms with E-state index in [2.05, 4.69) is 27.4 Å². The fourth-order valence-electron chi connectivity index (χ4n) is 1.58. The number of hydrogen-bond donors (Lipinski definition) is 1. The molecule has 0 amide bonds. The summed E-state index contributed by atoms with van der Waals surface area (Å²) in [6.45, 7) is 2.39. The van der Waals surface area contributed by atoms with Crippen LogP contribution in [-0.2, 0) is 24.2 Å². The molecule has 0 unspecified atom stereocenters. The zero-order chi connectivity index (χ0) is 13.7. The fourth-order valence-corrected chi connectivity index (χ4v) is 1.58. The number of unbranched alkanes of at least 4 members (excludes halogenated alkanes) is 1. The van der Waals surface area contributed by atoms with Gasteiger partial charge in [-0.15, -0.1) is 5.10 Å². The normalized spacial score (nSPS) is 10.8. The number of nitrogens with zero attached hydrogens (tertiary/aromatic N) is 5. The molecule has 0 aliphatic rings. The van der Waals surface area contributed by atoms with Gasteiger partial charge in [0.1, 0.15) is 6.54 Å². The summed E-state index contributed by atoms with van der Waals surface area (Å²) in [5.41, 5.74) is 0.401. The lowest BCUT2D eigenvalue weighted by atomic mass is 10.2. The van der Waals surface area contributed by atoms with Crippen LogP contribution in [0.3, 0.4) is 0 Å². The zero-order valence-corrected chi connectivity index (χ0v) is 10.6. The quantitative estimate of drug-likeness (QED) is 0.784. The van der Waals surface area contributed by atoms with Gasteiger partial charge in [-0.05, 0) is 6.42 Å². The highest BCUT2D eigenvalue weighted by Gasteiger charge is 2.10. The fraction of sp³-hybridized carbons (Fsp3) is 0.545. The van der Waals surface area contributed by atoms with Crippen LogP contribution in [0, 0.1) is 0 Å². The minimum atomic E-state index is -0.938. The van der Waals surface area contributed by atoms with Crippen molar-refractivity contribution in [2.45, 2.75) is 39.2 Å². The Hall–Kier alpha value is -2.25. The van der Waals surface area contributed by atoms with Gasteiger partial charge in [-0.1, -0.05) is 23.7 Å². The largest absolute Gasteiger partial charge is 0.481 e. The van der Waals surface area contributed by atoms with Crippen LogP contribution in [-0.4, -0.2) is 36.2 Å². The predicted molar refractivity (Wildman–Crippen MR) is 63.4 cm³/mol. The molecule has 2 rings (SSSR count). The molecule has 19 heavy (non-hydrogen) atoms. The van der Waals surface area contributed by atoms with E-state index in [0.717, 1.165) is 19.3 Å². The van der Waals surface area contributed by atoms with Gasteiger partial charge in [0.15, 0.2) is 5.82 Å². The molecule has 0 spiro atoms. The maximum Gasteiger partial charge on any atom is 0.309 e. The summed E-state index contributed by atoms with van der Waals surface area (Å²) < 4.78 is 6.57. The lowest BCUT2D eigenvalue weighted by Crippen LogP contribution is -2.01. The third-order valence-corrected chi connectivity index (χ3v) is 2.48. The second kappa shape index (κ2) is 6.07. The first-order chi connectivity index (χ1) is 9.17. The van der Waals surface area contributed by atoms with Crippen molar-refractivity contribution in [2.75, 3.05) is 0 Å². The van der Waals surface area contributed by atoms with Crippen LogP contribution in [0.15, 0.2) is 10.7 Å². The highest BCUT2D eigenvalue weighted by atomic mass is 16.5. The van der Waals surface area contributed by atoms with E-state index in [-0.39, 0.29) is 6.42 Å². The highest BCUT2D eigenvalue weighted by molar-refractivity contribution is 5.69. The van der Waals surface area contributed by atoms with Crippen LogP contribution in [0.4, 0.5) is 0 Å². The van der Waals surface area contributed by atoms with Crippen molar-refractivity contribution in [3.05, 3.63) is 23.6 Å². The second-order valence-corrected chi connectivity index (χ2v) is 4.19.